The van der Waals surface area contributed by atoms with Gasteiger partial charge in [-0.1, -0.05) is 12.1 Å². The van der Waals surface area contributed by atoms with E-state index in [-0.39, 0.29) is 24.0 Å². The van der Waals surface area contributed by atoms with Crippen LogP contribution in [0.15, 0.2) is 47.4 Å². The zero-order valence-corrected chi connectivity index (χ0v) is 18.5. The lowest BCUT2D eigenvalue weighted by molar-refractivity contribution is -0.130. The molecule has 2 heterocycles. The summed E-state index contributed by atoms with van der Waals surface area (Å²) >= 11 is 0. The molecule has 0 unspecified atom stereocenters. The molecule has 1 fully saturated rings. The average molecular weight is 481 g/mol. The second-order valence-electron chi connectivity index (χ2n) is 7.91. The number of nitrogens with one attached hydrogen (secondary N) is 2. The third-order valence-corrected chi connectivity index (χ3v) is 7.04. The average Bonchev–Trinajstić information content (AvgIpc) is 3.26. The Balaban J connectivity index is 1.28. The molecule has 0 spiro atoms. The molecule has 4 rings (SSSR count). The van der Waals surface area contributed by atoms with Gasteiger partial charge in [0.05, 0.1) is 36.2 Å². The number of hydrogen-bond acceptors (Lipinski definition) is 7. The minimum atomic E-state index is -3.99. The van der Waals surface area contributed by atoms with Crippen molar-refractivity contribution in [2.45, 2.75) is 49.0 Å². The molecule has 11 heteroatoms. The van der Waals surface area contributed by atoms with Crippen molar-refractivity contribution < 1.29 is 36.9 Å². The fourth-order valence-corrected chi connectivity index (χ4v) is 5.18. The molecule has 0 aliphatic carbocycles. The lowest BCUT2D eigenvalue weighted by Gasteiger charge is -2.35. The Bertz CT molecular complexity index is 1110. The van der Waals surface area contributed by atoms with Gasteiger partial charge >= 0.3 is 0 Å². The summed E-state index contributed by atoms with van der Waals surface area (Å²) in [5.41, 5.74) is 0.859. The van der Waals surface area contributed by atoms with E-state index in [4.69, 9.17) is 14.2 Å². The van der Waals surface area contributed by atoms with Gasteiger partial charge in [0.1, 0.15) is 5.82 Å². The summed E-state index contributed by atoms with van der Waals surface area (Å²) in [6.07, 6.45) is -0.434. The van der Waals surface area contributed by atoms with E-state index in [9.17, 15) is 22.7 Å². The van der Waals surface area contributed by atoms with Crippen LogP contribution in [-0.4, -0.2) is 51.1 Å². The lowest BCUT2D eigenvalue weighted by Crippen LogP contribution is -2.51. The van der Waals surface area contributed by atoms with E-state index in [2.05, 4.69) is 10.0 Å². The quantitative estimate of drug-likeness (QED) is 0.523. The molecule has 0 saturated carbocycles. The van der Waals surface area contributed by atoms with E-state index >= 15 is 0 Å². The van der Waals surface area contributed by atoms with E-state index in [0.717, 1.165) is 17.7 Å². The molecular weight excluding hydrogens is 455 g/mol. The van der Waals surface area contributed by atoms with Gasteiger partial charge in [-0.25, -0.2) is 17.5 Å². The van der Waals surface area contributed by atoms with E-state index in [1.165, 1.54) is 12.1 Å². The van der Waals surface area contributed by atoms with Crippen molar-refractivity contribution in [1.82, 2.24) is 10.0 Å². The largest absolute Gasteiger partial charge is 0.454 e. The summed E-state index contributed by atoms with van der Waals surface area (Å²) in [5, 5.41) is 12.5. The maximum atomic E-state index is 13.4. The monoisotopic (exact) mass is 480 g/mol. The van der Waals surface area contributed by atoms with Crippen LogP contribution < -0.4 is 19.5 Å². The first-order chi connectivity index (χ1) is 15.8. The van der Waals surface area contributed by atoms with Crippen molar-refractivity contribution in [1.29, 1.82) is 0 Å². The Labute approximate surface area is 190 Å². The van der Waals surface area contributed by atoms with Gasteiger partial charge in [0.2, 0.25) is 22.7 Å². The van der Waals surface area contributed by atoms with Crippen LogP contribution in [0.1, 0.15) is 24.8 Å². The number of halogens is 1. The molecule has 2 aliphatic rings. The number of ether oxygens (including phenoxy) is 3. The van der Waals surface area contributed by atoms with Gasteiger partial charge in [0.25, 0.3) is 0 Å². The summed E-state index contributed by atoms with van der Waals surface area (Å²) in [4.78, 5) is 12.2. The van der Waals surface area contributed by atoms with E-state index < -0.39 is 40.7 Å². The molecule has 1 saturated heterocycles. The van der Waals surface area contributed by atoms with Gasteiger partial charge in [-0.2, -0.15) is 0 Å². The summed E-state index contributed by atoms with van der Waals surface area (Å²) in [6, 6.07) is 9.40. The fraction of sp³-hybridized carbons (Fsp3) is 0.409. The van der Waals surface area contributed by atoms with Gasteiger partial charge in [-0.05, 0) is 48.7 Å². The highest BCUT2D eigenvalue weighted by Gasteiger charge is 2.34. The van der Waals surface area contributed by atoms with Crippen molar-refractivity contribution in [2.75, 3.05) is 13.4 Å². The Kier molecular flexibility index (Phi) is 7.13. The van der Waals surface area contributed by atoms with Gasteiger partial charge in [-0.3, -0.25) is 4.79 Å². The number of aliphatic hydroxyl groups is 1. The van der Waals surface area contributed by atoms with Gasteiger partial charge in [-0.15, -0.1) is 0 Å². The normalized spacial score (nSPS) is 22.2. The number of rotatable bonds is 8. The van der Waals surface area contributed by atoms with Crippen molar-refractivity contribution in [2.24, 2.45) is 0 Å². The Hall–Kier alpha value is -2.73. The van der Waals surface area contributed by atoms with Crippen LogP contribution in [0.5, 0.6) is 11.5 Å². The molecule has 2 aliphatic heterocycles. The first kappa shape index (κ1) is 23.4. The molecule has 3 atom stereocenters. The molecule has 3 N–H and O–H groups in total. The molecule has 33 heavy (non-hydrogen) atoms. The topological polar surface area (TPSA) is 123 Å². The third-order valence-electron chi connectivity index (χ3n) is 5.55. The number of sulfonamides is 1. The van der Waals surface area contributed by atoms with Crippen LogP contribution in [0.2, 0.25) is 0 Å². The molecule has 178 valence electrons. The predicted octanol–water partition coefficient (Wildman–Crippen LogP) is 1.45. The minimum Gasteiger partial charge on any atom is -0.454 e. The molecule has 0 radical (unpaired) electrons. The van der Waals surface area contributed by atoms with Crippen LogP contribution >= 0.6 is 0 Å². The van der Waals surface area contributed by atoms with Gasteiger partial charge in [0, 0.05) is 6.54 Å². The van der Waals surface area contributed by atoms with Crippen LogP contribution in [0.4, 0.5) is 4.39 Å². The molecule has 9 nitrogen and oxygen atoms in total. The van der Waals surface area contributed by atoms with E-state index in [1.54, 1.807) is 12.1 Å². The summed E-state index contributed by atoms with van der Waals surface area (Å²) in [5.74, 6) is 0.407. The maximum Gasteiger partial charge on any atom is 0.241 e. The number of carbonyl (C=O) groups excluding carboxylic acids is 1. The first-order valence-corrected chi connectivity index (χ1v) is 12.0. The maximum absolute atomic E-state index is 13.4. The Morgan fingerprint density at radius 1 is 1.12 bits per heavy atom. The van der Waals surface area contributed by atoms with Crippen LogP contribution in [0.25, 0.3) is 0 Å². The number of hydrogen-bond donors (Lipinski definition) is 3. The number of benzene rings is 2. The van der Waals surface area contributed by atoms with E-state index in [0.29, 0.717) is 30.9 Å². The highest BCUT2D eigenvalue weighted by atomic mass is 32.2. The number of carbonyl (C=O) groups is 1. The Morgan fingerprint density at radius 3 is 2.73 bits per heavy atom. The number of aliphatic hydroxyl groups excluding tert-OH is 1. The van der Waals surface area contributed by atoms with Crippen LogP contribution in [0, 0.1) is 5.82 Å². The summed E-state index contributed by atoms with van der Waals surface area (Å²) < 4.78 is 57.4. The first-order valence-electron chi connectivity index (χ1n) is 10.5. The third kappa shape index (κ3) is 5.80. The number of fused-ring (bicyclic) bond motifs is 1. The zero-order valence-electron chi connectivity index (χ0n) is 17.7. The van der Waals surface area contributed by atoms with Gasteiger partial charge in [0.15, 0.2) is 11.5 Å². The number of amides is 1. The Morgan fingerprint density at radius 2 is 1.94 bits per heavy atom. The minimum absolute atomic E-state index is 0.0738. The summed E-state index contributed by atoms with van der Waals surface area (Å²) in [7, 11) is -3.99. The second-order valence-corrected chi connectivity index (χ2v) is 9.62. The smallest absolute Gasteiger partial charge is 0.241 e. The fourth-order valence-electron chi connectivity index (χ4n) is 3.85. The molecule has 1 amide bonds. The molecule has 2 aromatic rings. The molecule has 0 bridgehead atoms. The molecule has 2 aromatic carbocycles. The summed E-state index contributed by atoms with van der Waals surface area (Å²) in [6.45, 7) is 0.0584. The van der Waals surface area contributed by atoms with Crippen LogP contribution in [0.3, 0.4) is 0 Å². The van der Waals surface area contributed by atoms with Crippen LogP contribution in [-0.2, 0) is 26.1 Å². The van der Waals surface area contributed by atoms with Crippen molar-refractivity contribution >= 4 is 15.9 Å². The standard InChI is InChI=1S/C22H25FN2O7S/c23-15-2-1-3-17(9-15)33(28,29)25-18-6-5-16(32-21(18)12-26)10-22(27)24-11-14-4-7-19-20(8-14)31-13-30-19/h1-4,7-9,16,18,21,25-26H,5-6,10-13H2,(H,24,27)/t16-,18+,21-/m1/s1. The van der Waals surface area contributed by atoms with E-state index in [1.807, 2.05) is 6.07 Å². The zero-order chi connectivity index (χ0) is 23.4. The molecular formula is C22H25FN2O7S. The molecule has 0 aromatic heterocycles. The predicted molar refractivity (Wildman–Crippen MR) is 115 cm³/mol. The highest BCUT2D eigenvalue weighted by Crippen LogP contribution is 2.32. The highest BCUT2D eigenvalue weighted by molar-refractivity contribution is 7.89. The lowest BCUT2D eigenvalue weighted by atomic mass is 9.98. The SMILES string of the molecule is O=C(C[C@H]1CC[C@H](NS(=O)(=O)c2cccc(F)c2)[C@@H](CO)O1)NCc1ccc2c(c1)OCO2. The van der Waals surface area contributed by atoms with Crippen molar-refractivity contribution in [3.63, 3.8) is 0 Å². The van der Waals surface area contributed by atoms with Crippen molar-refractivity contribution in [3.05, 3.63) is 53.8 Å². The second kappa shape index (κ2) is 10.0. The van der Waals surface area contributed by atoms with Gasteiger partial charge < -0.3 is 24.6 Å². The van der Waals surface area contributed by atoms with Crippen molar-refractivity contribution in [3.8, 4) is 11.5 Å².